The number of nitrogens with one attached hydrogen (secondary N) is 1. The van der Waals surface area contributed by atoms with Gasteiger partial charge in [0, 0.05) is 31.2 Å². The maximum absolute atomic E-state index is 12.5. The molecule has 0 radical (unpaired) electrons. The lowest BCUT2D eigenvalue weighted by molar-refractivity contribution is -0.134. The summed E-state index contributed by atoms with van der Waals surface area (Å²) >= 11 is 0. The molecular formula is C20H32N2O. The van der Waals surface area contributed by atoms with Gasteiger partial charge in [0.25, 0.3) is 0 Å². The van der Waals surface area contributed by atoms with Crippen molar-refractivity contribution in [3.8, 4) is 0 Å². The number of carbonyl (C=O) groups is 1. The van der Waals surface area contributed by atoms with E-state index in [4.69, 9.17) is 0 Å². The summed E-state index contributed by atoms with van der Waals surface area (Å²) in [7, 11) is 0. The Bertz CT molecular complexity index is 524. The van der Waals surface area contributed by atoms with Crippen LogP contribution in [0.2, 0.25) is 0 Å². The summed E-state index contributed by atoms with van der Waals surface area (Å²) in [5, 5.41) is 3.52. The first kappa shape index (κ1) is 17.8. The van der Waals surface area contributed by atoms with Crippen LogP contribution < -0.4 is 5.32 Å². The summed E-state index contributed by atoms with van der Waals surface area (Å²) in [5.74, 6) is 0.795. The zero-order valence-corrected chi connectivity index (χ0v) is 15.2. The molecule has 0 bridgehead atoms. The number of likely N-dealkylation sites (tertiary alicyclic amines) is 1. The van der Waals surface area contributed by atoms with Crippen LogP contribution in [0.4, 0.5) is 5.69 Å². The number of hydrogen-bond donors (Lipinski definition) is 1. The fourth-order valence-electron chi connectivity index (χ4n) is 3.60. The van der Waals surface area contributed by atoms with Crippen LogP contribution in [-0.2, 0) is 4.79 Å². The van der Waals surface area contributed by atoms with E-state index in [0.717, 1.165) is 25.9 Å². The second-order valence-corrected chi connectivity index (χ2v) is 7.02. The highest BCUT2D eigenvalue weighted by Crippen LogP contribution is 2.27. The SMILES string of the molecule is CCC1CCCCN1C(=O)CCNc1c(C)cccc1C(C)C. The summed E-state index contributed by atoms with van der Waals surface area (Å²) in [5.41, 5.74) is 3.80. The zero-order valence-electron chi connectivity index (χ0n) is 15.2. The molecule has 1 aliphatic heterocycles. The van der Waals surface area contributed by atoms with Gasteiger partial charge >= 0.3 is 0 Å². The first-order valence-electron chi connectivity index (χ1n) is 9.17. The van der Waals surface area contributed by atoms with Crippen LogP contribution in [0.15, 0.2) is 18.2 Å². The number of benzene rings is 1. The van der Waals surface area contributed by atoms with Crippen LogP contribution in [0.25, 0.3) is 0 Å². The van der Waals surface area contributed by atoms with E-state index in [1.807, 2.05) is 0 Å². The Morgan fingerprint density at radius 3 is 2.83 bits per heavy atom. The van der Waals surface area contributed by atoms with Crippen molar-refractivity contribution in [3.63, 3.8) is 0 Å². The molecule has 2 rings (SSSR count). The van der Waals surface area contributed by atoms with Crippen molar-refractivity contribution >= 4 is 11.6 Å². The van der Waals surface area contributed by atoms with Crippen LogP contribution in [-0.4, -0.2) is 29.9 Å². The Balaban J connectivity index is 1.93. The fraction of sp³-hybridized carbons (Fsp3) is 0.650. The van der Waals surface area contributed by atoms with Gasteiger partial charge in [0.05, 0.1) is 0 Å². The number of para-hydroxylation sites is 1. The smallest absolute Gasteiger partial charge is 0.224 e. The Kier molecular flexibility index (Phi) is 6.49. The molecule has 1 amide bonds. The molecule has 0 aromatic heterocycles. The van der Waals surface area contributed by atoms with E-state index in [9.17, 15) is 4.79 Å². The highest BCUT2D eigenvalue weighted by atomic mass is 16.2. The van der Waals surface area contributed by atoms with E-state index < -0.39 is 0 Å². The van der Waals surface area contributed by atoms with Gasteiger partial charge in [-0.15, -0.1) is 0 Å². The van der Waals surface area contributed by atoms with Crippen molar-refractivity contribution in [2.75, 3.05) is 18.4 Å². The Morgan fingerprint density at radius 1 is 1.35 bits per heavy atom. The van der Waals surface area contributed by atoms with Gasteiger partial charge in [0.15, 0.2) is 0 Å². The first-order valence-corrected chi connectivity index (χ1v) is 9.17. The maximum Gasteiger partial charge on any atom is 0.224 e. The Labute approximate surface area is 141 Å². The van der Waals surface area contributed by atoms with Crippen LogP contribution in [0.3, 0.4) is 0 Å². The second kappa shape index (κ2) is 8.37. The molecule has 1 aromatic carbocycles. The van der Waals surface area contributed by atoms with E-state index in [2.05, 4.69) is 56.1 Å². The van der Waals surface area contributed by atoms with Crippen LogP contribution in [0.5, 0.6) is 0 Å². The van der Waals surface area contributed by atoms with Crippen molar-refractivity contribution in [2.24, 2.45) is 0 Å². The molecule has 0 aliphatic carbocycles. The molecule has 1 atom stereocenters. The lowest BCUT2D eigenvalue weighted by Gasteiger charge is -2.35. The molecule has 23 heavy (non-hydrogen) atoms. The van der Waals surface area contributed by atoms with Gasteiger partial charge in [-0.3, -0.25) is 4.79 Å². The molecule has 1 heterocycles. The van der Waals surface area contributed by atoms with E-state index in [1.165, 1.54) is 29.7 Å². The summed E-state index contributed by atoms with van der Waals surface area (Å²) in [6.45, 7) is 10.4. The number of nitrogens with zero attached hydrogens (tertiary/aromatic N) is 1. The monoisotopic (exact) mass is 316 g/mol. The highest BCUT2D eigenvalue weighted by Gasteiger charge is 2.24. The first-order chi connectivity index (χ1) is 11.0. The molecule has 1 N–H and O–H groups in total. The molecule has 1 unspecified atom stereocenters. The summed E-state index contributed by atoms with van der Waals surface area (Å²) in [6.07, 6.45) is 5.26. The minimum Gasteiger partial charge on any atom is -0.384 e. The van der Waals surface area contributed by atoms with E-state index in [-0.39, 0.29) is 0 Å². The highest BCUT2D eigenvalue weighted by molar-refractivity contribution is 5.77. The molecule has 3 heteroatoms. The van der Waals surface area contributed by atoms with Gasteiger partial charge in [-0.1, -0.05) is 39.0 Å². The number of rotatable bonds is 6. The van der Waals surface area contributed by atoms with Crippen molar-refractivity contribution < 1.29 is 4.79 Å². The second-order valence-electron chi connectivity index (χ2n) is 7.02. The maximum atomic E-state index is 12.5. The predicted molar refractivity (Wildman–Crippen MR) is 98.0 cm³/mol. The van der Waals surface area contributed by atoms with E-state index >= 15 is 0 Å². The standard InChI is InChI=1S/C20H32N2O/c1-5-17-10-6-7-14-22(17)19(23)12-13-21-20-16(4)9-8-11-18(20)15(2)3/h8-9,11,15,17,21H,5-7,10,12-14H2,1-4H3. The number of aryl methyl sites for hydroxylation is 1. The van der Waals surface area contributed by atoms with Gasteiger partial charge in [-0.05, 0) is 49.7 Å². The van der Waals surface area contributed by atoms with Crippen LogP contribution in [0.1, 0.15) is 69.9 Å². The average Bonchev–Trinajstić information content (AvgIpc) is 2.55. The van der Waals surface area contributed by atoms with Gasteiger partial charge in [-0.2, -0.15) is 0 Å². The number of anilines is 1. The van der Waals surface area contributed by atoms with Gasteiger partial charge in [0.1, 0.15) is 0 Å². The largest absolute Gasteiger partial charge is 0.384 e. The quantitative estimate of drug-likeness (QED) is 0.824. The van der Waals surface area contributed by atoms with Crippen LogP contribution in [0, 0.1) is 6.92 Å². The number of piperidine rings is 1. The third-order valence-corrected chi connectivity index (χ3v) is 4.99. The normalized spacial score (nSPS) is 18.3. The number of carbonyl (C=O) groups excluding carboxylic acids is 1. The van der Waals surface area contributed by atoms with Gasteiger partial charge in [-0.25, -0.2) is 0 Å². The molecule has 128 valence electrons. The minimum atomic E-state index is 0.309. The van der Waals surface area contributed by atoms with Crippen molar-refractivity contribution in [2.45, 2.75) is 71.8 Å². The Morgan fingerprint density at radius 2 is 2.13 bits per heavy atom. The Hall–Kier alpha value is -1.51. The molecule has 1 aliphatic rings. The summed E-state index contributed by atoms with van der Waals surface area (Å²) < 4.78 is 0. The van der Waals surface area contributed by atoms with E-state index in [1.54, 1.807) is 0 Å². The summed E-state index contributed by atoms with van der Waals surface area (Å²) in [4.78, 5) is 14.7. The van der Waals surface area contributed by atoms with Crippen molar-refractivity contribution in [3.05, 3.63) is 29.3 Å². The van der Waals surface area contributed by atoms with E-state index in [0.29, 0.717) is 24.3 Å². The summed E-state index contributed by atoms with van der Waals surface area (Å²) in [6, 6.07) is 6.88. The number of amides is 1. The lowest BCUT2D eigenvalue weighted by Crippen LogP contribution is -2.43. The third kappa shape index (κ3) is 4.49. The molecule has 0 spiro atoms. The molecule has 1 aromatic rings. The molecule has 1 fully saturated rings. The third-order valence-electron chi connectivity index (χ3n) is 4.99. The predicted octanol–water partition coefficient (Wildman–Crippen LogP) is 4.71. The fourth-order valence-corrected chi connectivity index (χ4v) is 3.60. The molecule has 0 saturated carbocycles. The van der Waals surface area contributed by atoms with Crippen molar-refractivity contribution in [1.82, 2.24) is 4.90 Å². The zero-order chi connectivity index (χ0) is 16.8. The molecule has 1 saturated heterocycles. The topological polar surface area (TPSA) is 32.3 Å². The minimum absolute atomic E-state index is 0.309. The molecular weight excluding hydrogens is 284 g/mol. The van der Waals surface area contributed by atoms with Crippen molar-refractivity contribution in [1.29, 1.82) is 0 Å². The molecule has 3 nitrogen and oxygen atoms in total. The van der Waals surface area contributed by atoms with Crippen LogP contribution >= 0.6 is 0 Å². The average molecular weight is 316 g/mol. The lowest BCUT2D eigenvalue weighted by atomic mass is 9.98. The van der Waals surface area contributed by atoms with Gasteiger partial charge < -0.3 is 10.2 Å². The number of hydrogen-bond acceptors (Lipinski definition) is 2. The van der Waals surface area contributed by atoms with Gasteiger partial charge in [0.2, 0.25) is 5.91 Å².